The summed E-state index contributed by atoms with van der Waals surface area (Å²) in [4.78, 5) is 37.6. The molecule has 0 aromatic heterocycles. The minimum absolute atomic E-state index is 0.00563. The first-order valence-corrected chi connectivity index (χ1v) is 10.4. The van der Waals surface area contributed by atoms with Crippen LogP contribution in [-0.4, -0.2) is 35.8 Å². The molecule has 2 aromatic rings. The quantitative estimate of drug-likeness (QED) is 0.613. The smallest absolute Gasteiger partial charge is 0.324 e. The molecule has 1 saturated carbocycles. The maximum atomic E-state index is 12.8. The summed E-state index contributed by atoms with van der Waals surface area (Å²) in [6.07, 6.45) is 5.25. The minimum atomic E-state index is -0.434. The summed E-state index contributed by atoms with van der Waals surface area (Å²) in [6.45, 7) is 1.05. The molecule has 7 heteroatoms. The van der Waals surface area contributed by atoms with Gasteiger partial charge in [-0.1, -0.05) is 31.0 Å². The highest BCUT2D eigenvalue weighted by atomic mass is 16.2. The van der Waals surface area contributed by atoms with Gasteiger partial charge in [0.2, 0.25) is 5.91 Å². The maximum Gasteiger partial charge on any atom is 0.324 e. The highest BCUT2D eigenvalue weighted by Gasteiger charge is 2.29. The van der Waals surface area contributed by atoms with Gasteiger partial charge in [-0.3, -0.25) is 14.5 Å². The lowest BCUT2D eigenvalue weighted by Crippen LogP contribution is -2.31. The fraction of sp³-hybridized carbons (Fsp3) is 0.348. The average Bonchev–Trinajstić information content (AvgIpc) is 3.39. The number of anilines is 2. The van der Waals surface area contributed by atoms with Crippen molar-refractivity contribution in [1.29, 1.82) is 0 Å². The maximum absolute atomic E-state index is 12.8. The third-order valence-corrected chi connectivity index (χ3v) is 5.74. The van der Waals surface area contributed by atoms with Crippen LogP contribution < -0.4 is 16.0 Å². The van der Waals surface area contributed by atoms with Crippen molar-refractivity contribution in [3.05, 3.63) is 59.7 Å². The number of rotatable bonds is 7. The van der Waals surface area contributed by atoms with Gasteiger partial charge in [0.1, 0.15) is 0 Å². The number of imide groups is 1. The van der Waals surface area contributed by atoms with Gasteiger partial charge in [0.05, 0.1) is 13.1 Å². The molecule has 0 spiro atoms. The lowest BCUT2D eigenvalue weighted by atomic mass is 10.1. The average molecular weight is 406 g/mol. The van der Waals surface area contributed by atoms with E-state index >= 15 is 0 Å². The van der Waals surface area contributed by atoms with Gasteiger partial charge in [0.25, 0.3) is 5.91 Å². The molecule has 30 heavy (non-hydrogen) atoms. The van der Waals surface area contributed by atoms with E-state index in [2.05, 4.69) is 16.0 Å². The van der Waals surface area contributed by atoms with Gasteiger partial charge >= 0.3 is 6.03 Å². The Labute approximate surface area is 175 Å². The van der Waals surface area contributed by atoms with Crippen LogP contribution in [0.25, 0.3) is 0 Å². The Hall–Kier alpha value is -3.35. The van der Waals surface area contributed by atoms with Crippen molar-refractivity contribution in [3.8, 4) is 0 Å². The van der Waals surface area contributed by atoms with Crippen molar-refractivity contribution in [1.82, 2.24) is 10.2 Å². The number of hydrogen-bond acceptors (Lipinski definition) is 4. The molecule has 4 amide bonds. The standard InChI is InChI=1S/C23H26N4O3/c28-21-14-25-23(30)27(21)15-17-7-3-4-8-20(17)22(29)26-19-11-9-18(10-12-19)24-13-16-5-1-2-6-16/h3-4,7-12,16,24H,1-2,5-6,13-15H2,(H,25,30)(H,26,29). The molecule has 4 rings (SSSR count). The Balaban J connectivity index is 1.39. The predicted octanol–water partition coefficient (Wildman–Crippen LogP) is 3.59. The van der Waals surface area contributed by atoms with E-state index in [0.29, 0.717) is 16.8 Å². The van der Waals surface area contributed by atoms with Gasteiger partial charge in [0, 0.05) is 23.5 Å². The number of benzene rings is 2. The molecule has 1 aliphatic carbocycles. The minimum Gasteiger partial charge on any atom is -0.385 e. The predicted molar refractivity (Wildman–Crippen MR) is 115 cm³/mol. The number of amides is 4. The Morgan fingerprint density at radius 2 is 1.70 bits per heavy atom. The van der Waals surface area contributed by atoms with Crippen LogP contribution in [0.1, 0.15) is 41.6 Å². The largest absolute Gasteiger partial charge is 0.385 e. The summed E-state index contributed by atoms with van der Waals surface area (Å²) in [7, 11) is 0. The first-order valence-electron chi connectivity index (χ1n) is 10.4. The second-order valence-electron chi connectivity index (χ2n) is 7.86. The molecule has 3 N–H and O–H groups in total. The normalized spacial score (nSPS) is 16.6. The summed E-state index contributed by atoms with van der Waals surface area (Å²) in [5.41, 5.74) is 2.79. The molecule has 0 radical (unpaired) electrons. The fourth-order valence-corrected chi connectivity index (χ4v) is 4.01. The molecule has 1 heterocycles. The second-order valence-corrected chi connectivity index (χ2v) is 7.86. The lowest BCUT2D eigenvalue weighted by molar-refractivity contribution is -0.125. The molecule has 0 bridgehead atoms. The Bertz CT molecular complexity index is 920. The van der Waals surface area contributed by atoms with Crippen LogP contribution in [-0.2, 0) is 11.3 Å². The number of urea groups is 1. The molecule has 0 atom stereocenters. The lowest BCUT2D eigenvalue weighted by Gasteiger charge is -2.16. The number of carbonyl (C=O) groups excluding carboxylic acids is 3. The number of nitrogens with zero attached hydrogens (tertiary/aromatic N) is 1. The second kappa shape index (κ2) is 8.98. The van der Waals surface area contributed by atoms with Crippen LogP contribution in [0, 0.1) is 5.92 Å². The third kappa shape index (κ3) is 4.62. The van der Waals surface area contributed by atoms with E-state index in [9.17, 15) is 14.4 Å². The number of carbonyl (C=O) groups is 3. The van der Waals surface area contributed by atoms with E-state index in [0.717, 1.165) is 23.0 Å². The molecule has 2 aliphatic rings. The zero-order valence-corrected chi connectivity index (χ0v) is 16.8. The number of nitrogens with one attached hydrogen (secondary N) is 3. The highest BCUT2D eigenvalue weighted by Crippen LogP contribution is 2.25. The molecular weight excluding hydrogens is 380 g/mol. The van der Waals surface area contributed by atoms with E-state index in [4.69, 9.17) is 0 Å². The summed E-state index contributed by atoms with van der Waals surface area (Å²) in [6, 6.07) is 14.2. The Kier molecular flexibility index (Phi) is 5.97. The fourth-order valence-electron chi connectivity index (χ4n) is 4.01. The zero-order chi connectivity index (χ0) is 20.9. The molecule has 156 valence electrons. The van der Waals surface area contributed by atoms with Crippen molar-refractivity contribution in [2.75, 3.05) is 23.7 Å². The third-order valence-electron chi connectivity index (χ3n) is 5.74. The summed E-state index contributed by atoms with van der Waals surface area (Å²) >= 11 is 0. The monoisotopic (exact) mass is 406 g/mol. The van der Waals surface area contributed by atoms with Crippen LogP contribution in [0.5, 0.6) is 0 Å². The van der Waals surface area contributed by atoms with Crippen LogP contribution in [0.15, 0.2) is 48.5 Å². The Morgan fingerprint density at radius 3 is 2.40 bits per heavy atom. The molecule has 1 saturated heterocycles. The Morgan fingerprint density at radius 1 is 1.00 bits per heavy atom. The van der Waals surface area contributed by atoms with E-state index in [1.807, 2.05) is 24.3 Å². The first-order chi connectivity index (χ1) is 14.6. The van der Waals surface area contributed by atoms with Crippen LogP contribution >= 0.6 is 0 Å². The molecule has 7 nitrogen and oxygen atoms in total. The molecule has 0 unspecified atom stereocenters. The van der Waals surface area contributed by atoms with Crippen LogP contribution in [0.4, 0.5) is 16.2 Å². The summed E-state index contributed by atoms with van der Waals surface area (Å²) in [5, 5.41) is 8.86. The van der Waals surface area contributed by atoms with Gasteiger partial charge in [-0.2, -0.15) is 0 Å². The van der Waals surface area contributed by atoms with Gasteiger partial charge in [-0.25, -0.2) is 4.79 Å². The zero-order valence-electron chi connectivity index (χ0n) is 16.8. The molecule has 2 fully saturated rings. The molecule has 1 aliphatic heterocycles. The van der Waals surface area contributed by atoms with Crippen molar-refractivity contribution in [2.24, 2.45) is 5.92 Å². The van der Waals surface area contributed by atoms with Gasteiger partial charge in [0.15, 0.2) is 0 Å². The van der Waals surface area contributed by atoms with Crippen molar-refractivity contribution >= 4 is 29.2 Å². The SMILES string of the molecule is O=C(Nc1ccc(NCC2CCCC2)cc1)c1ccccc1CN1C(=O)CNC1=O. The first kappa shape index (κ1) is 19.9. The van der Waals surface area contributed by atoms with E-state index in [1.165, 1.54) is 25.7 Å². The molecule has 2 aromatic carbocycles. The van der Waals surface area contributed by atoms with E-state index < -0.39 is 6.03 Å². The van der Waals surface area contributed by atoms with Gasteiger partial charge in [-0.05, 0) is 54.7 Å². The van der Waals surface area contributed by atoms with Crippen molar-refractivity contribution in [2.45, 2.75) is 32.2 Å². The van der Waals surface area contributed by atoms with Crippen molar-refractivity contribution in [3.63, 3.8) is 0 Å². The van der Waals surface area contributed by atoms with E-state index in [-0.39, 0.29) is 24.9 Å². The summed E-state index contributed by atoms with van der Waals surface area (Å²) in [5.74, 6) is 0.186. The number of hydrogen-bond donors (Lipinski definition) is 3. The van der Waals surface area contributed by atoms with Gasteiger partial charge in [-0.15, -0.1) is 0 Å². The topological polar surface area (TPSA) is 90.5 Å². The van der Waals surface area contributed by atoms with Crippen molar-refractivity contribution < 1.29 is 14.4 Å². The van der Waals surface area contributed by atoms with Crippen LogP contribution in [0.3, 0.4) is 0 Å². The summed E-state index contributed by atoms with van der Waals surface area (Å²) < 4.78 is 0. The molecular formula is C23H26N4O3. The highest BCUT2D eigenvalue weighted by molar-refractivity contribution is 6.06. The van der Waals surface area contributed by atoms with Gasteiger partial charge < -0.3 is 16.0 Å². The van der Waals surface area contributed by atoms with Crippen LogP contribution in [0.2, 0.25) is 0 Å². The van der Waals surface area contributed by atoms with E-state index in [1.54, 1.807) is 24.3 Å².